The van der Waals surface area contributed by atoms with Crippen molar-refractivity contribution in [1.82, 2.24) is 14.7 Å². The van der Waals surface area contributed by atoms with Crippen molar-refractivity contribution in [1.29, 1.82) is 0 Å². The molecule has 0 aliphatic carbocycles. The van der Waals surface area contributed by atoms with Gasteiger partial charge in [-0.15, -0.1) is 0 Å². The number of carbonyl (C=O) groups is 1. The monoisotopic (exact) mass is 416 g/mol. The van der Waals surface area contributed by atoms with Crippen molar-refractivity contribution in [3.05, 3.63) is 50.9 Å². The van der Waals surface area contributed by atoms with Crippen molar-refractivity contribution < 1.29 is 9.53 Å². The van der Waals surface area contributed by atoms with E-state index in [4.69, 9.17) is 16.3 Å². The minimum Gasteiger partial charge on any atom is -0.382 e. The Hall–Kier alpha value is -2.38. The van der Waals surface area contributed by atoms with E-state index in [9.17, 15) is 9.59 Å². The van der Waals surface area contributed by atoms with Crippen LogP contribution in [0.4, 0.5) is 5.69 Å². The van der Waals surface area contributed by atoms with Gasteiger partial charge in [-0.05, 0) is 48.4 Å². The highest BCUT2D eigenvalue weighted by atomic mass is 35.5. The zero-order chi connectivity index (χ0) is 20.4. The summed E-state index contributed by atoms with van der Waals surface area (Å²) in [6.07, 6.45) is 4.56. The van der Waals surface area contributed by atoms with Gasteiger partial charge in [0.15, 0.2) is 0 Å². The maximum absolute atomic E-state index is 12.8. The smallest absolute Gasteiger partial charge is 0.292 e. The van der Waals surface area contributed by atoms with Crippen LogP contribution in [0.15, 0.2) is 29.2 Å². The average molecular weight is 417 g/mol. The summed E-state index contributed by atoms with van der Waals surface area (Å²) in [5.74, 6) is 0.463. The van der Waals surface area contributed by atoms with E-state index in [0.29, 0.717) is 30.4 Å². The highest BCUT2D eigenvalue weighted by Crippen LogP contribution is 2.23. The lowest BCUT2D eigenvalue weighted by Gasteiger charge is -2.28. The third kappa shape index (κ3) is 4.31. The van der Waals surface area contributed by atoms with Crippen LogP contribution in [0.25, 0.3) is 5.69 Å². The molecule has 2 aliphatic rings. The van der Waals surface area contributed by atoms with Crippen molar-refractivity contribution in [3.8, 4) is 5.69 Å². The number of ether oxygens (including phenoxy) is 1. The van der Waals surface area contributed by atoms with E-state index in [0.717, 1.165) is 44.6 Å². The van der Waals surface area contributed by atoms with E-state index in [2.05, 4.69) is 10.4 Å². The standard InChI is InChI=1S/C21H25ClN4O3/c1-14(27)25-7-6-16-4-5-18(9-17(16)12-25)26-21(28)20(22)19(11-24-26)23-10-15-3-2-8-29-13-15/h4-5,9,11,15,23H,2-3,6-8,10,12-13H2,1H3. The van der Waals surface area contributed by atoms with Gasteiger partial charge in [0.1, 0.15) is 5.02 Å². The molecule has 3 heterocycles. The van der Waals surface area contributed by atoms with Gasteiger partial charge in [0.2, 0.25) is 5.91 Å². The topological polar surface area (TPSA) is 76.5 Å². The fourth-order valence-corrected chi connectivity index (χ4v) is 4.10. The molecule has 1 unspecified atom stereocenters. The summed E-state index contributed by atoms with van der Waals surface area (Å²) in [6.45, 7) is 5.08. The molecule has 1 N–H and O–H groups in total. The highest BCUT2D eigenvalue weighted by Gasteiger charge is 2.20. The molecule has 7 nitrogen and oxygen atoms in total. The van der Waals surface area contributed by atoms with Crippen molar-refractivity contribution >= 4 is 23.2 Å². The van der Waals surface area contributed by atoms with Crippen molar-refractivity contribution in [3.63, 3.8) is 0 Å². The predicted octanol–water partition coefficient (Wildman–Crippen LogP) is 2.63. The fraction of sp³-hybridized carbons (Fsp3) is 0.476. The van der Waals surface area contributed by atoms with Gasteiger partial charge in [-0.2, -0.15) is 9.78 Å². The number of hydrogen-bond donors (Lipinski definition) is 1. The molecule has 1 aromatic carbocycles. The molecule has 0 spiro atoms. The normalized spacial score (nSPS) is 19.0. The lowest BCUT2D eigenvalue weighted by molar-refractivity contribution is -0.129. The lowest BCUT2D eigenvalue weighted by Crippen LogP contribution is -2.34. The average Bonchev–Trinajstić information content (AvgIpc) is 2.74. The second-order valence-corrected chi connectivity index (χ2v) is 8.07. The first kappa shape index (κ1) is 19.9. The summed E-state index contributed by atoms with van der Waals surface area (Å²) in [4.78, 5) is 26.3. The Kier molecular flexibility index (Phi) is 5.87. The molecule has 2 aromatic rings. The van der Waals surface area contributed by atoms with E-state index in [-0.39, 0.29) is 16.5 Å². The number of carbonyl (C=O) groups excluding carboxylic acids is 1. The molecule has 0 radical (unpaired) electrons. The summed E-state index contributed by atoms with van der Waals surface area (Å²) < 4.78 is 6.80. The van der Waals surface area contributed by atoms with Gasteiger partial charge in [0, 0.05) is 33.2 Å². The van der Waals surface area contributed by atoms with Crippen LogP contribution in [0.3, 0.4) is 0 Å². The van der Waals surface area contributed by atoms with Gasteiger partial charge >= 0.3 is 0 Å². The molecule has 29 heavy (non-hydrogen) atoms. The summed E-state index contributed by atoms with van der Waals surface area (Å²) in [5.41, 5.74) is 3.05. The molecule has 154 valence electrons. The number of nitrogens with one attached hydrogen (secondary N) is 1. The summed E-state index contributed by atoms with van der Waals surface area (Å²) in [5, 5.41) is 7.68. The zero-order valence-electron chi connectivity index (χ0n) is 16.5. The van der Waals surface area contributed by atoms with Crippen LogP contribution in [-0.2, 0) is 22.5 Å². The van der Waals surface area contributed by atoms with E-state index in [1.54, 1.807) is 18.0 Å². The number of halogens is 1. The number of rotatable bonds is 4. The quantitative estimate of drug-likeness (QED) is 0.829. The van der Waals surface area contributed by atoms with Crippen LogP contribution in [0.5, 0.6) is 0 Å². The van der Waals surface area contributed by atoms with Gasteiger partial charge in [-0.3, -0.25) is 9.59 Å². The first-order valence-electron chi connectivity index (χ1n) is 10.00. The number of fused-ring (bicyclic) bond motifs is 1. The number of hydrogen-bond acceptors (Lipinski definition) is 5. The van der Waals surface area contributed by atoms with Crippen LogP contribution in [0.2, 0.25) is 5.02 Å². The highest BCUT2D eigenvalue weighted by molar-refractivity contribution is 6.32. The Balaban J connectivity index is 1.55. The van der Waals surface area contributed by atoms with Crippen molar-refractivity contribution in [2.75, 3.05) is 31.6 Å². The molecular weight excluding hydrogens is 392 g/mol. The van der Waals surface area contributed by atoms with E-state index in [1.807, 2.05) is 18.2 Å². The number of nitrogens with zero attached hydrogens (tertiary/aromatic N) is 3. The van der Waals surface area contributed by atoms with E-state index >= 15 is 0 Å². The van der Waals surface area contributed by atoms with Crippen LogP contribution >= 0.6 is 11.6 Å². The van der Waals surface area contributed by atoms with Gasteiger partial charge < -0.3 is 15.0 Å². The summed E-state index contributed by atoms with van der Waals surface area (Å²) in [7, 11) is 0. The second kappa shape index (κ2) is 8.55. The minimum absolute atomic E-state index is 0.0539. The van der Waals surface area contributed by atoms with Gasteiger partial charge in [0.05, 0.1) is 24.2 Å². The van der Waals surface area contributed by atoms with Crippen LogP contribution in [0.1, 0.15) is 30.9 Å². The van der Waals surface area contributed by atoms with Crippen LogP contribution < -0.4 is 10.9 Å². The number of aromatic nitrogens is 2. The molecule has 1 amide bonds. The third-order valence-corrected chi connectivity index (χ3v) is 6.01. The van der Waals surface area contributed by atoms with Crippen LogP contribution in [-0.4, -0.2) is 46.9 Å². The maximum Gasteiger partial charge on any atom is 0.292 e. The van der Waals surface area contributed by atoms with Gasteiger partial charge in [-0.25, -0.2) is 0 Å². The van der Waals surface area contributed by atoms with Gasteiger partial charge in [-0.1, -0.05) is 17.7 Å². The molecule has 1 atom stereocenters. The van der Waals surface area contributed by atoms with E-state index < -0.39 is 0 Å². The minimum atomic E-state index is -0.365. The molecule has 2 aliphatic heterocycles. The summed E-state index contributed by atoms with van der Waals surface area (Å²) >= 11 is 6.35. The second-order valence-electron chi connectivity index (χ2n) is 7.70. The summed E-state index contributed by atoms with van der Waals surface area (Å²) in [6, 6.07) is 5.79. The van der Waals surface area contributed by atoms with Gasteiger partial charge in [0.25, 0.3) is 5.56 Å². The van der Waals surface area contributed by atoms with Crippen molar-refractivity contribution in [2.24, 2.45) is 5.92 Å². The molecule has 8 heteroatoms. The number of amides is 1. The Morgan fingerprint density at radius 2 is 2.24 bits per heavy atom. The maximum atomic E-state index is 12.8. The predicted molar refractivity (Wildman–Crippen MR) is 112 cm³/mol. The third-order valence-electron chi connectivity index (χ3n) is 5.65. The molecule has 1 aromatic heterocycles. The molecule has 4 rings (SSSR count). The Bertz CT molecular complexity index is 969. The molecule has 0 saturated carbocycles. The Morgan fingerprint density at radius 3 is 3.00 bits per heavy atom. The number of benzene rings is 1. The lowest BCUT2D eigenvalue weighted by atomic mass is 9.99. The zero-order valence-corrected chi connectivity index (χ0v) is 17.2. The number of anilines is 1. The molecule has 1 fully saturated rings. The van der Waals surface area contributed by atoms with Crippen LogP contribution in [0, 0.1) is 5.92 Å². The molecule has 0 bridgehead atoms. The van der Waals surface area contributed by atoms with E-state index in [1.165, 1.54) is 10.2 Å². The Morgan fingerprint density at radius 1 is 1.38 bits per heavy atom. The first-order chi connectivity index (χ1) is 14.0. The SMILES string of the molecule is CC(=O)N1CCc2ccc(-n3ncc(NCC4CCCOC4)c(Cl)c3=O)cc2C1. The molecule has 1 saturated heterocycles. The Labute approximate surface area is 174 Å². The van der Waals surface area contributed by atoms with Crippen molar-refractivity contribution in [2.45, 2.75) is 32.7 Å². The largest absolute Gasteiger partial charge is 0.382 e. The fourth-order valence-electron chi connectivity index (χ4n) is 3.91. The first-order valence-corrected chi connectivity index (χ1v) is 10.4. The molecular formula is C21H25ClN4O3.